The molecular formula is C14H20ClN3O3. The molecule has 116 valence electrons. The number of carbonyl (C=O) groups is 1. The lowest BCUT2D eigenvalue weighted by Gasteiger charge is -2.34. The molecule has 7 heteroatoms. The molecule has 1 aromatic carbocycles. The number of halogens is 1. The maximum Gasteiger partial charge on any atom is 0.270 e. The summed E-state index contributed by atoms with van der Waals surface area (Å²) >= 11 is 0. The van der Waals surface area contributed by atoms with Crippen LogP contribution in [0.4, 0.5) is 5.69 Å². The summed E-state index contributed by atoms with van der Waals surface area (Å²) in [7, 11) is 0. The van der Waals surface area contributed by atoms with Crippen molar-refractivity contribution in [2.75, 3.05) is 19.6 Å². The van der Waals surface area contributed by atoms with Crippen molar-refractivity contribution in [2.45, 2.75) is 19.8 Å². The van der Waals surface area contributed by atoms with Gasteiger partial charge in [-0.1, -0.05) is 13.0 Å². The van der Waals surface area contributed by atoms with Crippen LogP contribution >= 0.6 is 12.4 Å². The molecule has 1 aromatic rings. The van der Waals surface area contributed by atoms with Crippen molar-refractivity contribution in [3.05, 3.63) is 39.9 Å². The molecule has 0 spiro atoms. The van der Waals surface area contributed by atoms with Crippen LogP contribution in [0.15, 0.2) is 24.3 Å². The van der Waals surface area contributed by atoms with Crippen molar-refractivity contribution in [2.24, 2.45) is 5.41 Å². The standard InChI is InChI=1S/C14H19N3O3.ClH/c1-14(5-7-15-8-6-14)10-16-13(18)11-3-2-4-12(9-11)17(19)20;/h2-4,9,15H,5-8,10H2,1H3,(H,16,18);1H. The molecule has 0 atom stereocenters. The zero-order valence-electron chi connectivity index (χ0n) is 11.9. The predicted molar refractivity (Wildman–Crippen MR) is 82.9 cm³/mol. The Bertz CT molecular complexity index is 516. The number of nitro benzene ring substituents is 1. The second-order valence-electron chi connectivity index (χ2n) is 5.55. The lowest BCUT2D eigenvalue weighted by atomic mass is 9.81. The fourth-order valence-electron chi connectivity index (χ4n) is 2.36. The third kappa shape index (κ3) is 4.68. The lowest BCUT2D eigenvalue weighted by Crippen LogP contribution is -2.42. The van der Waals surface area contributed by atoms with Crippen LogP contribution in [0, 0.1) is 15.5 Å². The van der Waals surface area contributed by atoms with Crippen LogP contribution < -0.4 is 10.6 Å². The summed E-state index contributed by atoms with van der Waals surface area (Å²) in [6.07, 6.45) is 2.03. The Hall–Kier alpha value is -1.66. The third-order valence-corrected chi connectivity index (χ3v) is 3.81. The molecule has 1 amide bonds. The number of rotatable bonds is 4. The summed E-state index contributed by atoms with van der Waals surface area (Å²) in [6, 6.07) is 5.80. The molecular weight excluding hydrogens is 294 g/mol. The molecule has 0 bridgehead atoms. The first-order chi connectivity index (χ1) is 9.50. The van der Waals surface area contributed by atoms with E-state index in [1.165, 1.54) is 18.2 Å². The quantitative estimate of drug-likeness (QED) is 0.659. The summed E-state index contributed by atoms with van der Waals surface area (Å²) in [4.78, 5) is 22.3. The second-order valence-corrected chi connectivity index (χ2v) is 5.55. The van der Waals surface area contributed by atoms with Crippen LogP contribution in [0.25, 0.3) is 0 Å². The van der Waals surface area contributed by atoms with Crippen molar-refractivity contribution in [1.82, 2.24) is 10.6 Å². The molecule has 0 aromatic heterocycles. The molecule has 1 aliphatic heterocycles. The van der Waals surface area contributed by atoms with Crippen LogP contribution in [-0.2, 0) is 0 Å². The van der Waals surface area contributed by atoms with Crippen LogP contribution in [0.3, 0.4) is 0 Å². The summed E-state index contributed by atoms with van der Waals surface area (Å²) < 4.78 is 0. The van der Waals surface area contributed by atoms with E-state index in [-0.39, 0.29) is 29.4 Å². The minimum atomic E-state index is -0.495. The van der Waals surface area contributed by atoms with E-state index in [0.29, 0.717) is 12.1 Å². The van der Waals surface area contributed by atoms with Gasteiger partial charge in [-0.05, 0) is 37.4 Å². The van der Waals surface area contributed by atoms with Crippen molar-refractivity contribution in [3.8, 4) is 0 Å². The SMILES string of the molecule is CC1(CNC(=O)c2cccc([N+](=O)[O-])c2)CCNCC1.Cl. The van der Waals surface area contributed by atoms with E-state index >= 15 is 0 Å². The summed E-state index contributed by atoms with van der Waals surface area (Å²) in [5, 5.41) is 16.9. The number of carbonyl (C=O) groups excluding carboxylic acids is 1. The van der Waals surface area contributed by atoms with Gasteiger partial charge in [-0.25, -0.2) is 0 Å². The van der Waals surface area contributed by atoms with Crippen LogP contribution in [0.2, 0.25) is 0 Å². The Morgan fingerprint density at radius 2 is 2.10 bits per heavy atom. The second kappa shape index (κ2) is 7.38. The molecule has 2 rings (SSSR count). The van der Waals surface area contributed by atoms with Gasteiger partial charge in [0, 0.05) is 24.2 Å². The molecule has 1 fully saturated rings. The molecule has 2 N–H and O–H groups in total. The lowest BCUT2D eigenvalue weighted by molar-refractivity contribution is -0.384. The minimum absolute atomic E-state index is 0. The van der Waals surface area contributed by atoms with Crippen LogP contribution in [0.5, 0.6) is 0 Å². The topological polar surface area (TPSA) is 84.3 Å². The Balaban J connectivity index is 0.00000220. The Kier molecular flexibility index (Phi) is 6.11. The van der Waals surface area contributed by atoms with Gasteiger partial charge < -0.3 is 10.6 Å². The van der Waals surface area contributed by atoms with Gasteiger partial charge in [-0.2, -0.15) is 0 Å². The van der Waals surface area contributed by atoms with Gasteiger partial charge in [0.25, 0.3) is 11.6 Å². The molecule has 0 aliphatic carbocycles. The van der Waals surface area contributed by atoms with Crippen LogP contribution in [-0.4, -0.2) is 30.5 Å². The molecule has 1 heterocycles. The van der Waals surface area contributed by atoms with Gasteiger partial charge in [0.2, 0.25) is 0 Å². The number of benzene rings is 1. The highest BCUT2D eigenvalue weighted by molar-refractivity contribution is 5.94. The fraction of sp³-hybridized carbons (Fsp3) is 0.500. The maximum absolute atomic E-state index is 12.1. The maximum atomic E-state index is 12.1. The fourth-order valence-corrected chi connectivity index (χ4v) is 2.36. The summed E-state index contributed by atoms with van der Waals surface area (Å²) in [5.41, 5.74) is 0.365. The van der Waals surface area contributed by atoms with Gasteiger partial charge in [0.1, 0.15) is 0 Å². The number of nitro groups is 1. The third-order valence-electron chi connectivity index (χ3n) is 3.81. The monoisotopic (exact) mass is 313 g/mol. The average molecular weight is 314 g/mol. The van der Waals surface area contributed by atoms with Crippen molar-refractivity contribution in [1.29, 1.82) is 0 Å². The minimum Gasteiger partial charge on any atom is -0.351 e. The molecule has 1 saturated heterocycles. The normalized spacial score (nSPS) is 16.6. The number of hydrogen-bond donors (Lipinski definition) is 2. The first-order valence-electron chi connectivity index (χ1n) is 6.74. The van der Waals surface area contributed by atoms with E-state index < -0.39 is 4.92 Å². The largest absolute Gasteiger partial charge is 0.351 e. The molecule has 0 unspecified atom stereocenters. The summed E-state index contributed by atoms with van der Waals surface area (Å²) in [6.45, 7) is 4.67. The van der Waals surface area contributed by atoms with Gasteiger partial charge in [-0.3, -0.25) is 14.9 Å². The zero-order chi connectivity index (χ0) is 14.6. The highest BCUT2D eigenvalue weighted by atomic mass is 35.5. The van der Waals surface area contributed by atoms with Crippen molar-refractivity contribution in [3.63, 3.8) is 0 Å². The highest BCUT2D eigenvalue weighted by Gasteiger charge is 2.27. The van der Waals surface area contributed by atoms with Gasteiger partial charge in [0.05, 0.1) is 4.92 Å². The van der Waals surface area contributed by atoms with Gasteiger partial charge in [0.15, 0.2) is 0 Å². The summed E-state index contributed by atoms with van der Waals surface area (Å²) in [5.74, 6) is -0.256. The van der Waals surface area contributed by atoms with E-state index in [2.05, 4.69) is 17.6 Å². The van der Waals surface area contributed by atoms with E-state index in [9.17, 15) is 14.9 Å². The number of nitrogens with one attached hydrogen (secondary N) is 2. The van der Waals surface area contributed by atoms with E-state index in [0.717, 1.165) is 25.9 Å². The smallest absolute Gasteiger partial charge is 0.270 e. The number of nitrogens with zero attached hydrogens (tertiary/aromatic N) is 1. The van der Waals surface area contributed by atoms with Crippen molar-refractivity contribution >= 4 is 24.0 Å². The van der Waals surface area contributed by atoms with E-state index in [4.69, 9.17) is 0 Å². The Morgan fingerprint density at radius 3 is 2.71 bits per heavy atom. The predicted octanol–water partition coefficient (Wildman–Crippen LogP) is 2.14. The number of piperidine rings is 1. The Labute approximate surface area is 129 Å². The van der Waals surface area contributed by atoms with Gasteiger partial charge in [-0.15, -0.1) is 12.4 Å². The first-order valence-corrected chi connectivity index (χ1v) is 6.74. The van der Waals surface area contributed by atoms with E-state index in [1.807, 2.05) is 0 Å². The first kappa shape index (κ1) is 17.4. The zero-order valence-corrected chi connectivity index (χ0v) is 12.7. The molecule has 0 saturated carbocycles. The number of amides is 1. The molecule has 6 nitrogen and oxygen atoms in total. The van der Waals surface area contributed by atoms with Crippen molar-refractivity contribution < 1.29 is 9.72 Å². The highest BCUT2D eigenvalue weighted by Crippen LogP contribution is 2.26. The van der Waals surface area contributed by atoms with E-state index in [1.54, 1.807) is 6.07 Å². The average Bonchev–Trinajstić information content (AvgIpc) is 2.46. The van der Waals surface area contributed by atoms with Crippen LogP contribution in [0.1, 0.15) is 30.1 Å². The van der Waals surface area contributed by atoms with Gasteiger partial charge >= 0.3 is 0 Å². The molecule has 1 aliphatic rings. The molecule has 21 heavy (non-hydrogen) atoms. The Morgan fingerprint density at radius 1 is 1.43 bits per heavy atom. The molecule has 0 radical (unpaired) electrons. The number of non-ortho nitro benzene ring substituents is 1. The number of hydrogen-bond acceptors (Lipinski definition) is 4.